The molecular formula is C14H15BrN8O4. The van der Waals surface area contributed by atoms with E-state index >= 15 is 0 Å². The minimum atomic E-state index is -1.31. The molecule has 1 saturated heterocycles. The summed E-state index contributed by atoms with van der Waals surface area (Å²) in [6.07, 6.45) is -3.41. The molecular weight excluding hydrogens is 424 g/mol. The number of nitriles is 1. The van der Waals surface area contributed by atoms with Gasteiger partial charge in [-0.1, -0.05) is 5.11 Å². The van der Waals surface area contributed by atoms with E-state index in [1.54, 1.807) is 0 Å². The van der Waals surface area contributed by atoms with Gasteiger partial charge in [0.2, 0.25) is 0 Å². The van der Waals surface area contributed by atoms with Gasteiger partial charge in [0.15, 0.2) is 6.23 Å². The van der Waals surface area contributed by atoms with Crippen molar-refractivity contribution in [1.82, 2.24) is 14.5 Å². The van der Waals surface area contributed by atoms with Crippen molar-refractivity contribution in [2.24, 2.45) is 11.0 Å². The van der Waals surface area contributed by atoms with Gasteiger partial charge in [-0.15, -0.1) is 0 Å². The minimum absolute atomic E-state index is 0.0843. The lowest BCUT2D eigenvalue weighted by Gasteiger charge is -2.21. The van der Waals surface area contributed by atoms with Crippen molar-refractivity contribution in [2.45, 2.75) is 24.5 Å². The zero-order chi connectivity index (χ0) is 19.7. The number of aromatic nitrogens is 3. The Morgan fingerprint density at radius 3 is 2.93 bits per heavy atom. The number of hydrogen-bond donors (Lipinski definition) is 4. The van der Waals surface area contributed by atoms with Crippen molar-refractivity contribution in [1.29, 1.82) is 5.26 Å². The number of aliphatic hydroxyl groups is 3. The van der Waals surface area contributed by atoms with E-state index < -0.39 is 37.1 Å². The second kappa shape index (κ2) is 7.65. The molecule has 5 N–H and O–H groups in total. The average molecular weight is 439 g/mol. The van der Waals surface area contributed by atoms with Gasteiger partial charge >= 0.3 is 0 Å². The van der Waals surface area contributed by atoms with Crippen LogP contribution in [0.5, 0.6) is 0 Å². The minimum Gasteiger partial charge on any atom is -0.394 e. The number of aliphatic hydroxyl groups excluding tert-OH is 3. The molecule has 0 radical (unpaired) electrons. The molecule has 3 heterocycles. The maximum absolute atomic E-state index is 10.8. The predicted molar refractivity (Wildman–Crippen MR) is 94.9 cm³/mol. The monoisotopic (exact) mass is 438 g/mol. The van der Waals surface area contributed by atoms with Crippen LogP contribution in [0.4, 0.5) is 5.82 Å². The highest BCUT2D eigenvalue weighted by Gasteiger charge is 2.48. The van der Waals surface area contributed by atoms with Gasteiger partial charge in [0.05, 0.1) is 23.7 Å². The second-order valence-electron chi connectivity index (χ2n) is 5.91. The molecule has 0 amide bonds. The van der Waals surface area contributed by atoms with E-state index in [0.29, 0.717) is 5.39 Å². The molecule has 1 aliphatic heterocycles. The van der Waals surface area contributed by atoms with Gasteiger partial charge in [-0.2, -0.15) is 5.26 Å². The number of ether oxygens (including phenoxy) is 1. The topological polar surface area (TPSA) is 199 Å². The molecule has 12 nitrogen and oxygen atoms in total. The molecule has 0 spiro atoms. The van der Waals surface area contributed by atoms with E-state index in [1.165, 1.54) is 10.9 Å². The molecule has 0 unspecified atom stereocenters. The SMILES string of the molecule is N#Cc1c(Br)n([C@@H]2O[C@H]([C@H](O)CO)[C@H](CN=[N+]=[N-])[C@H]2O)c2ncnc(N)c12. The summed E-state index contributed by atoms with van der Waals surface area (Å²) in [4.78, 5) is 10.7. The van der Waals surface area contributed by atoms with Crippen LogP contribution < -0.4 is 5.73 Å². The summed E-state index contributed by atoms with van der Waals surface area (Å²) in [6, 6.07) is 2.01. The first kappa shape index (κ1) is 19.3. The Labute approximate surface area is 160 Å². The summed E-state index contributed by atoms with van der Waals surface area (Å²) in [7, 11) is 0. The summed E-state index contributed by atoms with van der Waals surface area (Å²) in [6.45, 7) is -0.766. The van der Waals surface area contributed by atoms with Crippen LogP contribution in [0.3, 0.4) is 0 Å². The van der Waals surface area contributed by atoms with Gasteiger partial charge in [0, 0.05) is 17.4 Å². The summed E-state index contributed by atoms with van der Waals surface area (Å²) in [5.41, 5.74) is 14.9. The fraction of sp³-hybridized carbons (Fsp3) is 0.500. The van der Waals surface area contributed by atoms with E-state index in [0.717, 1.165) is 0 Å². The zero-order valence-corrected chi connectivity index (χ0v) is 15.3. The lowest BCUT2D eigenvalue weighted by Crippen LogP contribution is -2.38. The number of rotatable bonds is 5. The molecule has 3 rings (SSSR count). The number of hydrogen-bond acceptors (Lipinski definition) is 9. The summed E-state index contributed by atoms with van der Waals surface area (Å²) >= 11 is 3.31. The molecule has 27 heavy (non-hydrogen) atoms. The molecule has 142 valence electrons. The molecule has 0 aliphatic carbocycles. The third-order valence-corrected chi connectivity index (χ3v) is 5.27. The molecule has 0 aromatic carbocycles. The summed E-state index contributed by atoms with van der Waals surface area (Å²) in [5.74, 6) is -0.705. The summed E-state index contributed by atoms with van der Waals surface area (Å²) < 4.78 is 7.47. The Morgan fingerprint density at radius 1 is 1.56 bits per heavy atom. The van der Waals surface area contributed by atoms with Crippen LogP contribution in [0.2, 0.25) is 0 Å². The Morgan fingerprint density at radius 2 is 2.30 bits per heavy atom. The first-order valence-electron chi connectivity index (χ1n) is 7.79. The Kier molecular flexibility index (Phi) is 5.47. The van der Waals surface area contributed by atoms with E-state index in [4.69, 9.17) is 16.0 Å². The van der Waals surface area contributed by atoms with Crippen molar-refractivity contribution < 1.29 is 20.1 Å². The number of azide groups is 1. The lowest BCUT2D eigenvalue weighted by molar-refractivity contribution is -0.0890. The largest absolute Gasteiger partial charge is 0.394 e. The molecule has 1 aliphatic rings. The van der Waals surface area contributed by atoms with Crippen molar-refractivity contribution in [2.75, 3.05) is 18.9 Å². The number of nitrogen functional groups attached to an aromatic ring is 1. The van der Waals surface area contributed by atoms with Crippen LogP contribution in [0, 0.1) is 17.2 Å². The average Bonchev–Trinajstić information content (AvgIpc) is 3.13. The van der Waals surface area contributed by atoms with Crippen LogP contribution in [-0.2, 0) is 4.74 Å². The van der Waals surface area contributed by atoms with E-state index in [9.17, 15) is 20.6 Å². The van der Waals surface area contributed by atoms with Crippen molar-refractivity contribution in [3.8, 4) is 6.07 Å². The van der Waals surface area contributed by atoms with Crippen molar-refractivity contribution in [3.05, 3.63) is 26.9 Å². The van der Waals surface area contributed by atoms with Crippen LogP contribution in [-0.4, -0.2) is 61.3 Å². The van der Waals surface area contributed by atoms with Gasteiger partial charge in [-0.3, -0.25) is 4.57 Å². The van der Waals surface area contributed by atoms with E-state index in [1.807, 2.05) is 6.07 Å². The summed E-state index contributed by atoms with van der Waals surface area (Å²) in [5, 5.41) is 43.3. The number of fused-ring (bicyclic) bond motifs is 1. The molecule has 5 atom stereocenters. The first-order chi connectivity index (χ1) is 13.0. The predicted octanol–water partition coefficient (Wildman–Crippen LogP) is 0.186. The molecule has 0 saturated carbocycles. The Balaban J connectivity index is 2.14. The Hall–Kier alpha value is -2.46. The zero-order valence-electron chi connectivity index (χ0n) is 13.7. The van der Waals surface area contributed by atoms with Crippen LogP contribution in [0.15, 0.2) is 16.0 Å². The highest BCUT2D eigenvalue weighted by molar-refractivity contribution is 9.10. The molecule has 0 bridgehead atoms. The molecule has 2 aromatic rings. The number of nitrogens with two attached hydrogens (primary N) is 1. The van der Waals surface area contributed by atoms with E-state index in [2.05, 4.69) is 35.9 Å². The van der Waals surface area contributed by atoms with Crippen LogP contribution in [0.25, 0.3) is 21.5 Å². The number of anilines is 1. The van der Waals surface area contributed by atoms with Crippen molar-refractivity contribution >= 4 is 32.8 Å². The van der Waals surface area contributed by atoms with Gasteiger partial charge in [0.1, 0.15) is 40.7 Å². The standard InChI is InChI=1S/C14H15BrN8O4/c15-11-5(1-16)8-12(17)19-4-20-13(8)23(11)14-9(26)6(2-21-22-18)10(27-14)7(25)3-24/h4,6-7,9-10,14,24-26H,2-3H2,(H2,17,19,20)/t6-,7-,9-,10+,14-/m1/s1. The van der Waals surface area contributed by atoms with Gasteiger partial charge < -0.3 is 25.8 Å². The fourth-order valence-corrected chi connectivity index (χ4v) is 3.90. The van der Waals surface area contributed by atoms with Gasteiger partial charge in [0.25, 0.3) is 0 Å². The fourth-order valence-electron chi connectivity index (χ4n) is 3.25. The first-order valence-corrected chi connectivity index (χ1v) is 8.58. The van der Waals surface area contributed by atoms with Crippen LogP contribution in [0.1, 0.15) is 11.8 Å². The number of halogens is 1. The molecule has 13 heteroatoms. The normalized spacial score (nSPS) is 25.9. The Bertz CT molecular complexity index is 953. The highest BCUT2D eigenvalue weighted by Crippen LogP contribution is 2.42. The smallest absolute Gasteiger partial charge is 0.163 e. The van der Waals surface area contributed by atoms with Gasteiger partial charge in [-0.05, 0) is 21.5 Å². The quantitative estimate of drug-likeness (QED) is 0.287. The molecule has 2 aromatic heterocycles. The van der Waals surface area contributed by atoms with E-state index in [-0.39, 0.29) is 28.2 Å². The van der Waals surface area contributed by atoms with Crippen LogP contribution >= 0.6 is 15.9 Å². The maximum atomic E-state index is 10.8. The third-order valence-electron chi connectivity index (χ3n) is 4.49. The van der Waals surface area contributed by atoms with Crippen molar-refractivity contribution in [3.63, 3.8) is 0 Å². The van der Waals surface area contributed by atoms with Gasteiger partial charge in [-0.25, -0.2) is 9.97 Å². The molecule has 1 fully saturated rings. The third kappa shape index (κ3) is 3.08. The second-order valence-corrected chi connectivity index (χ2v) is 6.67. The highest BCUT2D eigenvalue weighted by atomic mass is 79.9. The lowest BCUT2D eigenvalue weighted by atomic mass is 9.94. The number of nitrogens with zero attached hydrogens (tertiary/aromatic N) is 7. The maximum Gasteiger partial charge on any atom is 0.163 e.